The predicted octanol–water partition coefficient (Wildman–Crippen LogP) is -1.46. The summed E-state index contributed by atoms with van der Waals surface area (Å²) in [5.74, 6) is 0. The highest BCUT2D eigenvalue weighted by Crippen LogP contribution is 2.39. The first-order valence-electron chi connectivity index (χ1n) is 23.8. The highest BCUT2D eigenvalue weighted by Gasteiger charge is 2.59. The van der Waals surface area contributed by atoms with Gasteiger partial charge in [-0.1, -0.05) is 0 Å². The zero-order valence-electron chi connectivity index (χ0n) is 44.6. The van der Waals surface area contributed by atoms with Gasteiger partial charge >= 0.3 is 0 Å². The number of hydrogen-bond acceptors (Lipinski definition) is 26. The summed E-state index contributed by atoms with van der Waals surface area (Å²) in [6, 6.07) is 0. The van der Waals surface area contributed by atoms with Crippen LogP contribution >= 0.6 is 0 Å². The summed E-state index contributed by atoms with van der Waals surface area (Å²) in [5, 5.41) is 10.8. The molecule has 0 saturated carbocycles. The van der Waals surface area contributed by atoms with E-state index in [-0.39, 0.29) is 33.0 Å². The van der Waals surface area contributed by atoms with E-state index in [9.17, 15) is 5.11 Å². The molecule has 0 bridgehead atoms. The molecule has 5 heterocycles. The van der Waals surface area contributed by atoms with E-state index in [4.69, 9.17) is 118 Å². The van der Waals surface area contributed by atoms with E-state index >= 15 is 0 Å². The van der Waals surface area contributed by atoms with Crippen molar-refractivity contribution in [2.24, 2.45) is 0 Å². The first kappa shape index (κ1) is 61.8. The van der Waals surface area contributed by atoms with Gasteiger partial charge in [-0.3, -0.25) is 0 Å². The minimum Gasteiger partial charge on any atom is -0.382 e. The maximum atomic E-state index is 10.8. The van der Waals surface area contributed by atoms with Gasteiger partial charge in [-0.15, -0.1) is 0 Å². The summed E-state index contributed by atoms with van der Waals surface area (Å²) in [6.07, 6.45) is -22.2. The maximum absolute atomic E-state index is 10.8. The van der Waals surface area contributed by atoms with E-state index in [0.29, 0.717) is 0 Å². The van der Waals surface area contributed by atoms with Crippen LogP contribution in [0.4, 0.5) is 0 Å². The second-order valence-corrected chi connectivity index (χ2v) is 17.6. The average molecular weight is 1050 g/mol. The lowest BCUT2D eigenvalue weighted by atomic mass is 9.94. The van der Waals surface area contributed by atoms with E-state index in [0.717, 1.165) is 0 Å². The Kier molecular flexibility index (Phi) is 26.4. The Morgan fingerprint density at radius 3 is 0.653 bits per heavy atom. The minimum atomic E-state index is -1.32. The molecule has 0 aromatic carbocycles. The van der Waals surface area contributed by atoms with E-state index in [1.807, 2.05) is 0 Å². The highest BCUT2D eigenvalue weighted by molar-refractivity contribution is 5.01. The summed E-state index contributed by atoms with van der Waals surface area (Å²) in [6.45, 7) is 0.302. The summed E-state index contributed by atoms with van der Waals surface area (Å²) in [5.41, 5.74) is 0. The van der Waals surface area contributed by atoms with Crippen LogP contribution in [0.3, 0.4) is 0 Å². The molecule has 424 valence electrons. The molecule has 0 aromatic rings. The van der Waals surface area contributed by atoms with E-state index in [1.54, 1.807) is 21.3 Å². The van der Waals surface area contributed by atoms with Crippen LogP contribution in [0.15, 0.2) is 0 Å². The summed E-state index contributed by atoms with van der Waals surface area (Å²) >= 11 is 0. The van der Waals surface area contributed by atoms with Gasteiger partial charge in [0.1, 0.15) is 122 Å². The molecule has 26 nitrogen and oxygen atoms in total. The molecule has 5 aliphatic heterocycles. The monoisotopic (exact) mass is 1050 g/mol. The lowest BCUT2D eigenvalue weighted by Gasteiger charge is -2.52. The Bertz CT molecular complexity index is 1480. The van der Waals surface area contributed by atoms with E-state index < -0.39 is 154 Å². The third-order valence-corrected chi connectivity index (χ3v) is 13.8. The number of aliphatic hydroxyl groups excluding tert-OH is 1. The number of aliphatic hydroxyl groups is 1. The van der Waals surface area contributed by atoms with Crippen LogP contribution in [-0.2, 0) is 118 Å². The van der Waals surface area contributed by atoms with Crippen molar-refractivity contribution < 1.29 is 124 Å². The van der Waals surface area contributed by atoms with Gasteiger partial charge < -0.3 is 124 Å². The largest absolute Gasteiger partial charge is 0.382 e. The molecule has 0 radical (unpaired) electrons. The lowest BCUT2D eigenvalue weighted by Crippen LogP contribution is -2.69. The second-order valence-electron chi connectivity index (χ2n) is 17.6. The van der Waals surface area contributed by atoms with Crippen molar-refractivity contribution in [3.05, 3.63) is 0 Å². The van der Waals surface area contributed by atoms with Crippen molar-refractivity contribution in [3.8, 4) is 0 Å². The molecule has 0 unspecified atom stereocenters. The van der Waals surface area contributed by atoms with Crippen molar-refractivity contribution in [1.82, 2.24) is 0 Å². The molecule has 5 saturated heterocycles. The normalized spacial score (nSPS) is 44.0. The zero-order valence-corrected chi connectivity index (χ0v) is 44.6. The van der Waals surface area contributed by atoms with Gasteiger partial charge in [0.25, 0.3) is 0 Å². The van der Waals surface area contributed by atoms with Gasteiger partial charge in [0.2, 0.25) is 0 Å². The average Bonchev–Trinajstić information content (AvgIpc) is 3.38. The van der Waals surface area contributed by atoms with Crippen molar-refractivity contribution in [2.75, 3.05) is 147 Å². The Morgan fingerprint density at radius 1 is 0.236 bits per heavy atom. The third kappa shape index (κ3) is 13.8. The first-order chi connectivity index (χ1) is 34.9. The Morgan fingerprint density at radius 2 is 0.431 bits per heavy atom. The molecule has 0 aromatic heterocycles. The number of methoxy groups -OCH3 is 16. The topological polar surface area (TPSA) is 251 Å². The van der Waals surface area contributed by atoms with Crippen molar-refractivity contribution in [3.63, 3.8) is 0 Å². The fourth-order valence-corrected chi connectivity index (χ4v) is 10.5. The van der Waals surface area contributed by atoms with Gasteiger partial charge in [0.05, 0.1) is 33.0 Å². The van der Waals surface area contributed by atoms with Gasteiger partial charge in [-0.2, -0.15) is 0 Å². The van der Waals surface area contributed by atoms with Gasteiger partial charge in [0, 0.05) is 114 Å². The number of rotatable bonds is 29. The van der Waals surface area contributed by atoms with Crippen LogP contribution in [0.25, 0.3) is 0 Å². The molecule has 0 aliphatic carbocycles. The molecule has 5 fully saturated rings. The zero-order chi connectivity index (χ0) is 52.6. The standard InChI is InChI=1S/C46H84O26/c1-48-17-22-27(53-6)32(54-7)38(60-13)43(65-22)70-29-24(19-50-3)67-45(40(62-15)34(29)56-9)72-31-26(21-52-5)68-46(41(63-16)36(31)58-11)71-30-25(20-51-4)66-44(39(61-14)35(30)57-10)69-28-23(18-49-2)64-42(47)37(59-12)33(28)55-8/h22-47H,17-21H2,1-16H3/t22-,23-,24-,25-,26-,27-,28-,29-,30-,31-,32+,33+,34+,35-,36+,37-,38-,39-,40-,41-,42-,43-,44-,45-,46-/m1/s1. The van der Waals surface area contributed by atoms with Crippen LogP contribution in [-0.4, -0.2) is 305 Å². The lowest BCUT2D eigenvalue weighted by molar-refractivity contribution is -0.399. The third-order valence-electron chi connectivity index (χ3n) is 13.8. The van der Waals surface area contributed by atoms with Crippen LogP contribution in [0.2, 0.25) is 0 Å². The SMILES string of the molecule is COC[C@H]1O[C@@H](O)[C@H](OC)[C@@H](OC)[C@@H]1O[C@H]1O[C@H](COC)[C@@H](O[C@H]2O[C@H](COC)[C@@H](O[C@H]3O[C@H](COC)[C@@H](O[C@H]4O[C@H](COC)[C@@H](OC)[C@H](OC)[C@H]4OC)[C@H](OC)[C@H]3OC)[C@H](OC)[C@H]2OC)[C@@H](OC)[C@H]1OC. The van der Waals surface area contributed by atoms with Crippen molar-refractivity contribution in [1.29, 1.82) is 0 Å². The highest BCUT2D eigenvalue weighted by atomic mass is 16.8. The first-order valence-corrected chi connectivity index (χ1v) is 23.8. The molecule has 0 amide bonds. The molecule has 5 aliphatic rings. The summed E-state index contributed by atoms with van der Waals surface area (Å²) in [4.78, 5) is 0. The van der Waals surface area contributed by atoms with Crippen LogP contribution in [0.5, 0.6) is 0 Å². The fraction of sp³-hybridized carbons (Fsp3) is 1.00. The van der Waals surface area contributed by atoms with Crippen LogP contribution in [0.1, 0.15) is 0 Å². The predicted molar refractivity (Wildman–Crippen MR) is 243 cm³/mol. The Labute approximate surface area is 423 Å². The maximum Gasteiger partial charge on any atom is 0.187 e. The molecule has 25 atom stereocenters. The van der Waals surface area contributed by atoms with Crippen LogP contribution in [0, 0.1) is 0 Å². The molecule has 1 N–H and O–H groups in total. The van der Waals surface area contributed by atoms with Gasteiger partial charge in [0.15, 0.2) is 31.5 Å². The number of hydrogen-bond donors (Lipinski definition) is 1. The molecule has 72 heavy (non-hydrogen) atoms. The summed E-state index contributed by atoms with van der Waals surface area (Å²) in [7, 11) is 24.3. The van der Waals surface area contributed by atoms with Crippen molar-refractivity contribution >= 4 is 0 Å². The minimum absolute atomic E-state index is 0.00620. The smallest absolute Gasteiger partial charge is 0.187 e. The molecule has 5 rings (SSSR count). The van der Waals surface area contributed by atoms with Crippen molar-refractivity contribution in [2.45, 2.75) is 154 Å². The fourth-order valence-electron chi connectivity index (χ4n) is 10.5. The van der Waals surface area contributed by atoms with Gasteiger partial charge in [-0.05, 0) is 0 Å². The molecular weight excluding hydrogens is 968 g/mol. The van der Waals surface area contributed by atoms with E-state index in [1.165, 1.54) is 92.4 Å². The molecule has 0 spiro atoms. The van der Waals surface area contributed by atoms with E-state index in [2.05, 4.69) is 0 Å². The number of ether oxygens (including phenoxy) is 25. The Hall–Kier alpha value is -1.04. The quantitative estimate of drug-likeness (QED) is 0.0899. The Balaban J connectivity index is 1.41. The van der Waals surface area contributed by atoms with Gasteiger partial charge in [-0.25, -0.2) is 0 Å². The molecule has 26 heteroatoms. The molecular formula is C46H84O26. The second kappa shape index (κ2) is 30.8. The van der Waals surface area contributed by atoms with Crippen LogP contribution < -0.4 is 0 Å². The summed E-state index contributed by atoms with van der Waals surface area (Å²) < 4.78 is 153.